The maximum Gasteiger partial charge on any atom is 0.257 e. The zero-order chi connectivity index (χ0) is 24.4. The van der Waals surface area contributed by atoms with Crippen LogP contribution in [-0.2, 0) is 11.3 Å². The van der Waals surface area contributed by atoms with Gasteiger partial charge in [-0.2, -0.15) is 0 Å². The van der Waals surface area contributed by atoms with Crippen molar-refractivity contribution in [3.05, 3.63) is 34.1 Å². The number of pyridine rings is 1. The lowest BCUT2D eigenvalue weighted by atomic mass is 10.0. The minimum atomic E-state index is -0.745. The van der Waals surface area contributed by atoms with Crippen LogP contribution in [0.5, 0.6) is 11.5 Å². The molecule has 9 heteroatoms. The maximum absolute atomic E-state index is 13.3. The van der Waals surface area contributed by atoms with E-state index in [1.165, 1.54) is 0 Å². The standard InChI is InChI=1S/C25H34N4O5/c1-5-28-9-7-8-16(28)12-26-25(32)22(15(3)4)27-24(31)18-13-29(6-2)19-11-21-20(33-14-34-21)10-17(19)23(18)30/h10-11,13,15-16,22H,5-9,12,14H2,1-4H3,(H,26,32)(H,27,31)/t16-,22+/m1/s1. The van der Waals surface area contributed by atoms with E-state index in [9.17, 15) is 14.4 Å². The first-order valence-corrected chi connectivity index (χ1v) is 12.1. The molecule has 3 heterocycles. The Bertz CT molecular complexity index is 1140. The zero-order valence-electron chi connectivity index (χ0n) is 20.3. The van der Waals surface area contributed by atoms with Crippen molar-refractivity contribution in [1.82, 2.24) is 20.1 Å². The molecule has 0 spiro atoms. The van der Waals surface area contributed by atoms with E-state index in [1.807, 2.05) is 25.3 Å². The minimum absolute atomic E-state index is 0.000355. The molecular weight excluding hydrogens is 436 g/mol. The SMILES string of the molecule is CCN1CCC[C@@H]1CNC(=O)[C@@H](NC(=O)c1cn(CC)c2cc3c(cc2c1=O)OCO3)C(C)C. The molecule has 0 saturated carbocycles. The third-order valence-electron chi connectivity index (χ3n) is 6.81. The summed E-state index contributed by atoms with van der Waals surface area (Å²) in [5, 5.41) is 6.20. The Morgan fingerprint density at radius 2 is 1.88 bits per heavy atom. The number of aromatic nitrogens is 1. The van der Waals surface area contributed by atoms with Crippen LogP contribution in [-0.4, -0.2) is 59.8 Å². The molecule has 0 bridgehead atoms. The van der Waals surface area contributed by atoms with Crippen LogP contribution in [0.2, 0.25) is 0 Å². The molecule has 184 valence electrons. The second kappa shape index (κ2) is 10.0. The van der Waals surface area contributed by atoms with Crippen molar-refractivity contribution in [2.75, 3.05) is 26.4 Å². The van der Waals surface area contributed by atoms with Crippen LogP contribution in [0.4, 0.5) is 0 Å². The molecule has 1 saturated heterocycles. The molecule has 9 nitrogen and oxygen atoms in total. The summed E-state index contributed by atoms with van der Waals surface area (Å²) in [6, 6.07) is 2.96. The molecule has 1 fully saturated rings. The predicted octanol–water partition coefficient (Wildman–Crippen LogP) is 2.10. The van der Waals surface area contributed by atoms with Crippen molar-refractivity contribution >= 4 is 22.7 Å². The normalized spacial score (nSPS) is 18.4. The number of likely N-dealkylation sites (N-methyl/N-ethyl adjacent to an activating group) is 1. The van der Waals surface area contributed by atoms with Crippen LogP contribution < -0.4 is 25.5 Å². The van der Waals surface area contributed by atoms with Crippen LogP contribution in [0.15, 0.2) is 23.1 Å². The smallest absolute Gasteiger partial charge is 0.257 e. The Morgan fingerprint density at radius 3 is 2.56 bits per heavy atom. The lowest BCUT2D eigenvalue weighted by Gasteiger charge is -2.26. The molecule has 1 aromatic heterocycles. The van der Waals surface area contributed by atoms with Crippen molar-refractivity contribution in [2.45, 2.75) is 59.2 Å². The van der Waals surface area contributed by atoms with E-state index in [0.717, 1.165) is 25.9 Å². The lowest BCUT2D eigenvalue weighted by molar-refractivity contribution is -0.124. The first-order chi connectivity index (χ1) is 16.3. The highest BCUT2D eigenvalue weighted by molar-refractivity contribution is 6.00. The van der Waals surface area contributed by atoms with Crippen molar-refractivity contribution in [2.24, 2.45) is 5.92 Å². The monoisotopic (exact) mass is 470 g/mol. The first-order valence-electron chi connectivity index (χ1n) is 12.1. The number of aryl methyl sites for hydroxylation is 1. The van der Waals surface area contributed by atoms with E-state index in [1.54, 1.807) is 18.3 Å². The average molecular weight is 471 g/mol. The molecule has 34 heavy (non-hydrogen) atoms. The van der Waals surface area contributed by atoms with Crippen molar-refractivity contribution in [3.63, 3.8) is 0 Å². The Labute approximate surface area is 199 Å². The second-order valence-corrected chi connectivity index (χ2v) is 9.25. The van der Waals surface area contributed by atoms with E-state index >= 15 is 0 Å². The van der Waals surface area contributed by atoms with Crippen molar-refractivity contribution in [3.8, 4) is 11.5 Å². The highest BCUT2D eigenvalue weighted by Crippen LogP contribution is 2.35. The number of hydrogen-bond acceptors (Lipinski definition) is 6. The van der Waals surface area contributed by atoms with Gasteiger partial charge in [0.05, 0.1) is 10.9 Å². The van der Waals surface area contributed by atoms with Crippen molar-refractivity contribution < 1.29 is 19.1 Å². The van der Waals surface area contributed by atoms with Crippen LogP contribution in [0.25, 0.3) is 10.9 Å². The molecule has 1 aromatic carbocycles. The largest absolute Gasteiger partial charge is 0.454 e. The molecule has 2 aliphatic heterocycles. The number of nitrogens with one attached hydrogen (secondary N) is 2. The Kier molecular flexibility index (Phi) is 7.11. The number of ether oxygens (including phenoxy) is 2. The average Bonchev–Trinajstić information content (AvgIpc) is 3.48. The Morgan fingerprint density at radius 1 is 1.15 bits per heavy atom. The fraction of sp³-hybridized carbons (Fsp3) is 0.560. The Balaban J connectivity index is 1.55. The molecule has 2 aliphatic rings. The predicted molar refractivity (Wildman–Crippen MR) is 129 cm³/mol. The summed E-state index contributed by atoms with van der Waals surface area (Å²) in [6.07, 6.45) is 3.73. The van der Waals surface area contributed by atoms with Gasteiger partial charge in [-0.1, -0.05) is 20.8 Å². The van der Waals surface area contributed by atoms with E-state index in [0.29, 0.717) is 41.5 Å². The highest BCUT2D eigenvalue weighted by Gasteiger charge is 2.29. The van der Waals surface area contributed by atoms with Crippen LogP contribution in [0.1, 0.15) is 50.9 Å². The van der Waals surface area contributed by atoms with E-state index in [2.05, 4.69) is 22.5 Å². The number of benzene rings is 1. The number of fused-ring (bicyclic) bond motifs is 2. The topological polar surface area (TPSA) is 102 Å². The van der Waals surface area contributed by atoms with Gasteiger partial charge in [-0.3, -0.25) is 19.3 Å². The number of carbonyl (C=O) groups excluding carboxylic acids is 2. The third-order valence-corrected chi connectivity index (χ3v) is 6.81. The zero-order valence-corrected chi connectivity index (χ0v) is 20.3. The molecule has 2 atom stereocenters. The number of carbonyl (C=O) groups is 2. The number of likely N-dealkylation sites (tertiary alicyclic amines) is 1. The van der Waals surface area contributed by atoms with E-state index in [-0.39, 0.29) is 24.2 Å². The van der Waals surface area contributed by atoms with Gasteiger partial charge in [-0.15, -0.1) is 0 Å². The number of nitrogens with zero attached hydrogens (tertiary/aromatic N) is 2. The summed E-state index contributed by atoms with van der Waals surface area (Å²) in [5.41, 5.74) is 0.270. The molecule has 2 aromatic rings. The van der Waals surface area contributed by atoms with Gasteiger partial charge in [0.1, 0.15) is 11.6 Å². The van der Waals surface area contributed by atoms with Gasteiger partial charge in [0, 0.05) is 31.4 Å². The number of hydrogen-bond donors (Lipinski definition) is 2. The highest BCUT2D eigenvalue weighted by atomic mass is 16.7. The maximum atomic E-state index is 13.3. The molecule has 2 amide bonds. The first kappa shape index (κ1) is 24.1. The summed E-state index contributed by atoms with van der Waals surface area (Å²) in [5.74, 6) is 0.129. The molecule has 0 aliphatic carbocycles. The summed E-state index contributed by atoms with van der Waals surface area (Å²) < 4.78 is 12.7. The van der Waals surface area contributed by atoms with Gasteiger partial charge in [0.2, 0.25) is 18.1 Å². The molecule has 0 radical (unpaired) electrons. The quantitative estimate of drug-likeness (QED) is 0.613. The number of rotatable bonds is 8. The van der Waals surface area contributed by atoms with Crippen molar-refractivity contribution in [1.29, 1.82) is 0 Å². The van der Waals surface area contributed by atoms with Gasteiger partial charge in [-0.05, 0) is 44.8 Å². The second-order valence-electron chi connectivity index (χ2n) is 9.25. The molecule has 2 N–H and O–H groups in total. The van der Waals surface area contributed by atoms with Gasteiger partial charge in [-0.25, -0.2) is 0 Å². The van der Waals surface area contributed by atoms with Gasteiger partial charge < -0.3 is 24.7 Å². The summed E-state index contributed by atoms with van der Waals surface area (Å²) in [4.78, 5) is 41.8. The van der Waals surface area contributed by atoms with Crippen LogP contribution >= 0.6 is 0 Å². The van der Waals surface area contributed by atoms with Gasteiger partial charge >= 0.3 is 0 Å². The summed E-state index contributed by atoms with van der Waals surface area (Å²) in [6.45, 7) is 11.0. The molecule has 0 unspecified atom stereocenters. The summed E-state index contributed by atoms with van der Waals surface area (Å²) >= 11 is 0. The van der Waals surface area contributed by atoms with Crippen LogP contribution in [0, 0.1) is 5.92 Å². The lowest BCUT2D eigenvalue weighted by Crippen LogP contribution is -2.52. The number of amides is 2. The van der Waals surface area contributed by atoms with E-state index < -0.39 is 17.4 Å². The van der Waals surface area contributed by atoms with Gasteiger partial charge in [0.15, 0.2) is 11.5 Å². The Hall–Kier alpha value is -3.07. The fourth-order valence-electron chi connectivity index (χ4n) is 4.83. The van der Waals surface area contributed by atoms with Crippen LogP contribution in [0.3, 0.4) is 0 Å². The molecule has 4 rings (SSSR count). The summed E-state index contributed by atoms with van der Waals surface area (Å²) in [7, 11) is 0. The fourth-order valence-corrected chi connectivity index (χ4v) is 4.83. The van der Waals surface area contributed by atoms with Gasteiger partial charge in [0.25, 0.3) is 5.91 Å². The van der Waals surface area contributed by atoms with E-state index in [4.69, 9.17) is 9.47 Å². The minimum Gasteiger partial charge on any atom is -0.454 e. The third kappa shape index (κ3) is 4.61. The molecular formula is C25H34N4O5.